The molecule has 53 heavy (non-hydrogen) atoms. The number of hydrogen-bond donors (Lipinski definition) is 0. The maximum Gasteiger partial charge on any atom is 3.00 e. The van der Waals surface area contributed by atoms with Crippen LogP contribution in [-0.2, 0) is 73.5 Å². The Morgan fingerprint density at radius 3 is 0.830 bits per heavy atom. The molecule has 0 aromatic carbocycles. The first-order valence-electron chi connectivity index (χ1n) is 17.2. The van der Waals surface area contributed by atoms with Gasteiger partial charge in [0.1, 0.15) is 49.6 Å². The van der Waals surface area contributed by atoms with E-state index in [1.54, 1.807) is 0 Å². The minimum atomic E-state index is 0. The van der Waals surface area contributed by atoms with Crippen LogP contribution in [0.5, 0.6) is 0 Å². The number of aryl methyl sites for hydroxylation is 8. The van der Waals surface area contributed by atoms with Gasteiger partial charge in [0, 0.05) is 0 Å². The molecule has 0 saturated carbocycles. The van der Waals surface area contributed by atoms with Crippen molar-refractivity contribution >= 4 is 46.4 Å². The third-order valence-corrected chi connectivity index (χ3v) is 10.2. The molecule has 0 spiro atoms. The molecule has 8 bridgehead atoms. The first-order valence-corrected chi connectivity index (χ1v) is 17.2. The van der Waals surface area contributed by atoms with Crippen molar-refractivity contribution in [3.8, 4) is 45.6 Å². The molecule has 0 fully saturated rings. The SMILES string of the molecule is Cn1cc[n+](C)c1-c1c2nc(c(-c3n(C)cc[n+]3C)c3ccc([n-]3)c(-c3n(C)cc[n+]3C)c3nc(c(-c4n(C)cc[n+]4C)c4ccc1[n-]4)C=C3)C=C2.[Mn+3]. The molecule has 0 radical (unpaired) electrons. The van der Waals surface area contributed by atoms with E-state index in [1.165, 1.54) is 0 Å². The van der Waals surface area contributed by atoms with Crippen LogP contribution >= 0.6 is 0 Å². The second-order valence-electron chi connectivity index (χ2n) is 13.7. The molecule has 12 nitrogen and oxygen atoms in total. The number of hydrogen-bond acceptors (Lipinski definition) is 2. The first kappa shape index (κ1) is 34.1. The monoisotopic (exact) mass is 743 g/mol. The molecule has 0 unspecified atom stereocenters. The van der Waals surface area contributed by atoms with Gasteiger partial charge in [0.25, 0.3) is 23.3 Å². The maximum atomic E-state index is 5.40. The Morgan fingerprint density at radius 1 is 0.415 bits per heavy atom. The van der Waals surface area contributed by atoms with Crippen LogP contribution < -0.4 is 28.2 Å². The van der Waals surface area contributed by atoms with Gasteiger partial charge in [0.05, 0.1) is 101 Å². The summed E-state index contributed by atoms with van der Waals surface area (Å²) in [5.41, 5.74) is 10.4. The average molecular weight is 744 g/mol. The molecular formula is C40H40MnN12+5. The second kappa shape index (κ2) is 12.6. The van der Waals surface area contributed by atoms with Gasteiger partial charge in [-0.3, -0.25) is 0 Å². The van der Waals surface area contributed by atoms with E-state index < -0.39 is 0 Å². The molecule has 9 rings (SSSR count). The smallest absolute Gasteiger partial charge is 0.656 e. The van der Waals surface area contributed by atoms with Crippen LogP contribution in [0.1, 0.15) is 22.8 Å². The van der Waals surface area contributed by atoms with Crippen LogP contribution in [0, 0.1) is 0 Å². The Morgan fingerprint density at radius 2 is 0.642 bits per heavy atom. The number of aromatic nitrogens is 12. The van der Waals surface area contributed by atoms with Crippen LogP contribution in [0.15, 0.2) is 73.8 Å². The van der Waals surface area contributed by atoms with Gasteiger partial charge in [-0.2, -0.15) is 0 Å². The number of rotatable bonds is 4. The zero-order chi connectivity index (χ0) is 36.0. The van der Waals surface area contributed by atoms with Crippen LogP contribution in [0.25, 0.3) is 91.9 Å². The van der Waals surface area contributed by atoms with E-state index >= 15 is 0 Å². The fourth-order valence-corrected chi connectivity index (χ4v) is 7.77. The van der Waals surface area contributed by atoms with Gasteiger partial charge in [0.2, 0.25) is 0 Å². The first-order chi connectivity index (χ1) is 25.1. The van der Waals surface area contributed by atoms with Crippen molar-refractivity contribution in [1.29, 1.82) is 0 Å². The van der Waals surface area contributed by atoms with Gasteiger partial charge < -0.3 is 9.97 Å². The van der Waals surface area contributed by atoms with Gasteiger partial charge in [0.15, 0.2) is 0 Å². The molecule has 7 aromatic heterocycles. The third kappa shape index (κ3) is 5.26. The molecule has 0 atom stereocenters. The predicted octanol–water partition coefficient (Wildman–Crippen LogP) is 3.23. The van der Waals surface area contributed by atoms with Gasteiger partial charge in [-0.15, -0.1) is 22.1 Å². The molecule has 0 saturated heterocycles. The molecule has 9 heterocycles. The Bertz CT molecular complexity index is 2390. The third-order valence-electron chi connectivity index (χ3n) is 10.2. The summed E-state index contributed by atoms with van der Waals surface area (Å²) in [5, 5.41) is 0. The Hall–Kier alpha value is -6.04. The zero-order valence-electron chi connectivity index (χ0n) is 31.0. The number of imidazole rings is 4. The molecule has 7 aromatic rings. The largest absolute Gasteiger partial charge is 3.00 e. The quantitative estimate of drug-likeness (QED) is 0.205. The Labute approximate surface area is 317 Å². The number of nitrogens with zero attached hydrogens (tertiary/aromatic N) is 12. The Kier molecular flexibility index (Phi) is 8.08. The summed E-state index contributed by atoms with van der Waals surface area (Å²) in [6.45, 7) is 0. The maximum absolute atomic E-state index is 5.40. The van der Waals surface area contributed by atoms with E-state index in [0.717, 1.165) is 90.4 Å². The standard InChI is InChI=1S/C40H40N12.Mn/c1-45-17-18-46(2)37(45)33-25-9-11-27(41-25)34(38-47(3)19-20-48(38)4)29-13-15-31(43-29)36(40-51(7)23-24-52(40)8)32-16-14-30(44-32)35(28-12-10-26(33)42-28)39-49(5)21-22-50(39)6;/h9-24H,1-8H3;/q+2;+3. The van der Waals surface area contributed by atoms with Crippen molar-refractivity contribution in [3.05, 3.63) is 96.6 Å². The summed E-state index contributed by atoms with van der Waals surface area (Å²) in [7, 11) is 16.5. The molecule has 262 valence electrons. The molecule has 2 aliphatic rings. The molecule has 2 aliphatic heterocycles. The molecule has 0 N–H and O–H groups in total. The van der Waals surface area contributed by atoms with Crippen molar-refractivity contribution in [2.75, 3.05) is 0 Å². The average Bonchev–Trinajstić information content (AvgIpc) is 3.98. The normalized spacial score (nSPS) is 12.2. The van der Waals surface area contributed by atoms with Crippen molar-refractivity contribution in [2.24, 2.45) is 56.4 Å². The van der Waals surface area contributed by atoms with Gasteiger partial charge in [-0.1, -0.05) is 24.3 Å². The van der Waals surface area contributed by atoms with Crippen molar-refractivity contribution in [2.45, 2.75) is 0 Å². The summed E-state index contributed by atoms with van der Waals surface area (Å²) in [5.74, 6) is 3.96. The van der Waals surface area contributed by atoms with Crippen LogP contribution in [0.2, 0.25) is 0 Å². The summed E-state index contributed by atoms with van der Waals surface area (Å²) in [6, 6.07) is 8.41. The van der Waals surface area contributed by atoms with Crippen LogP contribution in [0.3, 0.4) is 0 Å². The minimum absolute atomic E-state index is 0. The minimum Gasteiger partial charge on any atom is -0.656 e. The van der Waals surface area contributed by atoms with E-state index in [2.05, 4.69) is 191 Å². The summed E-state index contributed by atoms with van der Waals surface area (Å²) in [6.07, 6.45) is 24.9. The molecule has 0 amide bonds. The Balaban J connectivity index is 0.00000400. The van der Waals surface area contributed by atoms with E-state index in [0.29, 0.717) is 0 Å². The van der Waals surface area contributed by atoms with Crippen LogP contribution in [0.4, 0.5) is 0 Å². The van der Waals surface area contributed by atoms with E-state index in [9.17, 15) is 0 Å². The molecule has 13 heteroatoms. The van der Waals surface area contributed by atoms with Gasteiger partial charge in [-0.05, 0) is 24.3 Å². The molecule has 0 aliphatic carbocycles. The van der Waals surface area contributed by atoms with E-state index in [-0.39, 0.29) is 17.1 Å². The second-order valence-corrected chi connectivity index (χ2v) is 13.7. The topological polar surface area (TPSA) is 89.2 Å². The predicted molar refractivity (Wildman–Crippen MR) is 199 cm³/mol. The van der Waals surface area contributed by atoms with Gasteiger partial charge >= 0.3 is 17.1 Å². The molecular weight excluding hydrogens is 703 g/mol. The zero-order valence-corrected chi connectivity index (χ0v) is 32.2. The van der Waals surface area contributed by atoms with Crippen molar-refractivity contribution in [1.82, 2.24) is 38.2 Å². The van der Waals surface area contributed by atoms with E-state index in [4.69, 9.17) is 19.9 Å². The van der Waals surface area contributed by atoms with E-state index in [1.807, 2.05) is 0 Å². The van der Waals surface area contributed by atoms with Crippen LogP contribution in [-0.4, -0.2) is 28.2 Å². The summed E-state index contributed by atoms with van der Waals surface area (Å²) in [4.78, 5) is 21.6. The van der Waals surface area contributed by atoms with Crippen molar-refractivity contribution in [3.63, 3.8) is 0 Å². The fraction of sp³-hybridized carbons (Fsp3) is 0.200. The summed E-state index contributed by atoms with van der Waals surface area (Å²) >= 11 is 0. The number of fused-ring (bicyclic) bond motifs is 8. The van der Waals surface area contributed by atoms with Gasteiger partial charge in [-0.25, -0.2) is 46.5 Å². The summed E-state index contributed by atoms with van der Waals surface area (Å²) < 4.78 is 17.0. The fourth-order valence-electron chi connectivity index (χ4n) is 7.77. The van der Waals surface area contributed by atoms with Crippen molar-refractivity contribution < 1.29 is 35.3 Å².